The molecule has 2 aromatic rings. The third-order valence-electron chi connectivity index (χ3n) is 3.91. The predicted molar refractivity (Wildman–Crippen MR) is 104 cm³/mol. The van der Waals surface area contributed by atoms with Crippen molar-refractivity contribution in [3.63, 3.8) is 0 Å². The van der Waals surface area contributed by atoms with E-state index in [4.69, 9.17) is 9.47 Å². The summed E-state index contributed by atoms with van der Waals surface area (Å²) in [5, 5.41) is 0. The molecule has 1 atom stereocenters. The molecule has 0 bridgehead atoms. The van der Waals surface area contributed by atoms with Crippen LogP contribution in [0.5, 0.6) is 11.5 Å². The molecule has 0 aliphatic rings. The van der Waals surface area contributed by atoms with E-state index >= 15 is 0 Å². The van der Waals surface area contributed by atoms with Gasteiger partial charge in [-0.1, -0.05) is 38.1 Å². The minimum absolute atomic E-state index is 0.199. The van der Waals surface area contributed by atoms with E-state index in [2.05, 4.69) is 24.7 Å². The maximum Gasteiger partial charge on any atom is 0.279 e. The lowest BCUT2D eigenvalue weighted by atomic mass is 10.0. The number of carbonyl (C=O) groups excluding carboxylic acids is 2. The number of hydrogen-bond acceptors (Lipinski definition) is 4. The van der Waals surface area contributed by atoms with Crippen LogP contribution in [-0.2, 0) is 9.59 Å². The fraction of sp³-hybridized carbons (Fsp3) is 0.333. The topological polar surface area (TPSA) is 76.7 Å². The number of hydrazine groups is 1. The molecule has 6 nitrogen and oxygen atoms in total. The number of aryl methyl sites for hydroxylation is 1. The Balaban J connectivity index is 1.74. The molecule has 0 saturated heterocycles. The lowest BCUT2D eigenvalue weighted by Gasteiger charge is -2.16. The van der Waals surface area contributed by atoms with Crippen LogP contribution in [0.1, 0.15) is 37.8 Å². The molecule has 2 rings (SSSR count). The van der Waals surface area contributed by atoms with Crippen molar-refractivity contribution in [3.05, 3.63) is 59.7 Å². The highest BCUT2D eigenvalue weighted by Gasteiger charge is 2.15. The lowest BCUT2D eigenvalue weighted by Crippen LogP contribution is -2.48. The van der Waals surface area contributed by atoms with Gasteiger partial charge < -0.3 is 9.47 Å². The van der Waals surface area contributed by atoms with Crippen LogP contribution in [0.2, 0.25) is 0 Å². The third kappa shape index (κ3) is 6.66. The Morgan fingerprint density at radius 1 is 0.963 bits per heavy atom. The van der Waals surface area contributed by atoms with Crippen LogP contribution in [0.25, 0.3) is 0 Å². The molecule has 0 fully saturated rings. The highest BCUT2D eigenvalue weighted by Crippen LogP contribution is 2.19. The molecule has 27 heavy (non-hydrogen) atoms. The van der Waals surface area contributed by atoms with E-state index in [0.29, 0.717) is 17.4 Å². The quantitative estimate of drug-likeness (QED) is 0.734. The summed E-state index contributed by atoms with van der Waals surface area (Å²) in [7, 11) is 0. The van der Waals surface area contributed by atoms with Crippen molar-refractivity contribution in [2.45, 2.75) is 39.7 Å². The van der Waals surface area contributed by atoms with E-state index in [9.17, 15) is 9.59 Å². The Morgan fingerprint density at radius 2 is 1.67 bits per heavy atom. The highest BCUT2D eigenvalue weighted by atomic mass is 16.5. The van der Waals surface area contributed by atoms with E-state index < -0.39 is 17.9 Å². The summed E-state index contributed by atoms with van der Waals surface area (Å²) in [6.45, 7) is 7.57. The fourth-order valence-corrected chi connectivity index (χ4v) is 2.31. The van der Waals surface area contributed by atoms with Crippen molar-refractivity contribution in [1.29, 1.82) is 0 Å². The molecule has 0 spiro atoms. The molecule has 0 aliphatic carbocycles. The van der Waals surface area contributed by atoms with Crippen LogP contribution in [0.15, 0.2) is 48.5 Å². The molecular weight excluding hydrogens is 344 g/mol. The Kier molecular flexibility index (Phi) is 7.23. The van der Waals surface area contributed by atoms with Crippen molar-refractivity contribution in [3.8, 4) is 11.5 Å². The molecule has 144 valence electrons. The third-order valence-corrected chi connectivity index (χ3v) is 3.91. The van der Waals surface area contributed by atoms with Gasteiger partial charge in [0, 0.05) is 0 Å². The van der Waals surface area contributed by atoms with Gasteiger partial charge in [-0.05, 0) is 55.2 Å². The molecule has 2 N–H and O–H groups in total. The Morgan fingerprint density at radius 3 is 2.30 bits per heavy atom. The van der Waals surface area contributed by atoms with Crippen LogP contribution < -0.4 is 20.3 Å². The largest absolute Gasteiger partial charge is 0.484 e. The van der Waals surface area contributed by atoms with Gasteiger partial charge in [0.15, 0.2) is 12.7 Å². The second kappa shape index (κ2) is 9.62. The first-order valence-corrected chi connectivity index (χ1v) is 8.90. The summed E-state index contributed by atoms with van der Waals surface area (Å²) in [6.07, 6.45) is -0.757. The zero-order valence-electron chi connectivity index (χ0n) is 16.1. The first kappa shape index (κ1) is 20.3. The fourth-order valence-electron chi connectivity index (χ4n) is 2.31. The van der Waals surface area contributed by atoms with Crippen molar-refractivity contribution >= 4 is 11.8 Å². The molecule has 0 aromatic heterocycles. The number of ether oxygens (including phenoxy) is 2. The summed E-state index contributed by atoms with van der Waals surface area (Å²) in [5.41, 5.74) is 6.88. The van der Waals surface area contributed by atoms with Gasteiger partial charge in [-0.2, -0.15) is 0 Å². The molecule has 1 unspecified atom stereocenters. The van der Waals surface area contributed by atoms with Crippen molar-refractivity contribution < 1.29 is 19.1 Å². The minimum Gasteiger partial charge on any atom is -0.484 e. The molecule has 0 aliphatic heterocycles. The molecule has 6 heteroatoms. The van der Waals surface area contributed by atoms with Crippen LogP contribution in [0.4, 0.5) is 0 Å². The second-order valence-electron chi connectivity index (χ2n) is 6.63. The van der Waals surface area contributed by atoms with Crippen LogP contribution in [0.3, 0.4) is 0 Å². The summed E-state index contributed by atoms with van der Waals surface area (Å²) < 4.78 is 11.0. The lowest BCUT2D eigenvalue weighted by molar-refractivity contribution is -0.133. The normalized spacial score (nSPS) is 11.6. The molecule has 2 amide bonds. The van der Waals surface area contributed by atoms with E-state index in [1.807, 2.05) is 49.4 Å². The summed E-state index contributed by atoms with van der Waals surface area (Å²) >= 11 is 0. The van der Waals surface area contributed by atoms with E-state index in [0.717, 1.165) is 5.56 Å². The summed E-state index contributed by atoms with van der Waals surface area (Å²) in [5.74, 6) is 0.705. The number of carbonyl (C=O) groups is 2. The van der Waals surface area contributed by atoms with E-state index in [-0.39, 0.29) is 6.61 Å². The predicted octanol–water partition coefficient (Wildman–Crippen LogP) is 3.11. The maximum atomic E-state index is 12.1. The number of hydrogen-bond donors (Lipinski definition) is 2. The smallest absolute Gasteiger partial charge is 0.279 e. The number of rotatable bonds is 7. The van der Waals surface area contributed by atoms with Crippen molar-refractivity contribution in [2.75, 3.05) is 6.61 Å². The number of nitrogens with one attached hydrogen (secondary N) is 2. The summed E-state index contributed by atoms with van der Waals surface area (Å²) in [6, 6.07) is 15.0. The van der Waals surface area contributed by atoms with Gasteiger partial charge in [0.05, 0.1) is 0 Å². The van der Waals surface area contributed by atoms with Gasteiger partial charge in [-0.15, -0.1) is 0 Å². The van der Waals surface area contributed by atoms with Crippen molar-refractivity contribution in [2.24, 2.45) is 0 Å². The SMILES string of the molecule is Cc1cccc(OCC(=O)NNC(=O)C(C)Oc2ccc(C(C)C)cc2)c1. The van der Waals surface area contributed by atoms with Crippen LogP contribution >= 0.6 is 0 Å². The Bertz CT molecular complexity index is 772. The maximum absolute atomic E-state index is 12.1. The molecular formula is C21H26N2O4. The molecule has 0 radical (unpaired) electrons. The van der Waals surface area contributed by atoms with E-state index in [1.165, 1.54) is 5.56 Å². The molecule has 0 saturated carbocycles. The number of amides is 2. The van der Waals surface area contributed by atoms with Gasteiger partial charge in [-0.25, -0.2) is 0 Å². The highest BCUT2D eigenvalue weighted by molar-refractivity contribution is 5.85. The average molecular weight is 370 g/mol. The summed E-state index contributed by atoms with van der Waals surface area (Å²) in [4.78, 5) is 23.9. The van der Waals surface area contributed by atoms with Crippen molar-refractivity contribution in [1.82, 2.24) is 10.9 Å². The monoisotopic (exact) mass is 370 g/mol. The van der Waals surface area contributed by atoms with Crippen LogP contribution in [0, 0.1) is 6.92 Å². The first-order chi connectivity index (χ1) is 12.8. The van der Waals surface area contributed by atoms with Gasteiger partial charge in [0.25, 0.3) is 11.8 Å². The molecule has 2 aromatic carbocycles. The van der Waals surface area contributed by atoms with Gasteiger partial charge in [0.2, 0.25) is 0 Å². The first-order valence-electron chi connectivity index (χ1n) is 8.90. The number of benzene rings is 2. The molecule has 0 heterocycles. The van der Waals surface area contributed by atoms with Gasteiger partial charge in [-0.3, -0.25) is 20.4 Å². The Hall–Kier alpha value is -3.02. The standard InChI is InChI=1S/C21H26N2O4/c1-14(2)17-8-10-18(11-9-17)27-16(4)21(25)23-22-20(24)13-26-19-7-5-6-15(3)12-19/h5-12,14,16H,13H2,1-4H3,(H,22,24)(H,23,25). The van der Waals surface area contributed by atoms with Crippen LogP contribution in [-0.4, -0.2) is 24.5 Å². The van der Waals surface area contributed by atoms with Gasteiger partial charge in [0.1, 0.15) is 11.5 Å². The minimum atomic E-state index is -0.757. The zero-order valence-corrected chi connectivity index (χ0v) is 16.1. The van der Waals surface area contributed by atoms with E-state index in [1.54, 1.807) is 13.0 Å². The Labute approximate surface area is 159 Å². The average Bonchev–Trinajstić information content (AvgIpc) is 2.64. The van der Waals surface area contributed by atoms with Gasteiger partial charge >= 0.3 is 0 Å². The second-order valence-corrected chi connectivity index (χ2v) is 6.63. The zero-order chi connectivity index (χ0) is 19.8.